The zero-order valence-electron chi connectivity index (χ0n) is 7.03. The lowest BCUT2D eigenvalue weighted by molar-refractivity contribution is 0.0668. The van der Waals surface area contributed by atoms with Crippen molar-refractivity contribution in [3.05, 3.63) is 0 Å². The van der Waals surface area contributed by atoms with Gasteiger partial charge in [-0.25, -0.2) is 0 Å². The maximum atomic E-state index is 5.39. The van der Waals surface area contributed by atoms with Crippen molar-refractivity contribution >= 4 is 8.05 Å². The molecule has 2 heteroatoms. The minimum Gasteiger partial charge on any atom is -0.439 e. The molecule has 0 aromatic heterocycles. The second kappa shape index (κ2) is 3.94. The largest absolute Gasteiger partial charge is 0.439 e. The summed E-state index contributed by atoms with van der Waals surface area (Å²) >= 11 is 0. The van der Waals surface area contributed by atoms with E-state index in [0.717, 1.165) is 19.3 Å². The van der Waals surface area contributed by atoms with Gasteiger partial charge >= 0.3 is 0 Å². The van der Waals surface area contributed by atoms with Crippen LogP contribution in [-0.4, -0.2) is 13.7 Å². The molecule has 0 aromatic carbocycles. The van der Waals surface area contributed by atoms with Gasteiger partial charge in [-0.1, -0.05) is 20.8 Å². The summed E-state index contributed by atoms with van der Waals surface area (Å²) in [6.45, 7) is 6.53. The molecule has 0 aromatic rings. The third kappa shape index (κ3) is 2.01. The van der Waals surface area contributed by atoms with Gasteiger partial charge in [0.15, 0.2) is 0 Å². The molecular formula is C7H17BO. The Morgan fingerprint density at radius 2 is 1.44 bits per heavy atom. The Bertz CT molecular complexity index is 51.8. The highest BCUT2D eigenvalue weighted by Crippen LogP contribution is 2.22. The fraction of sp³-hybridized carbons (Fsp3) is 1.00. The molecular weight excluding hydrogens is 111 g/mol. The van der Waals surface area contributed by atoms with Gasteiger partial charge in [0.1, 0.15) is 0 Å². The van der Waals surface area contributed by atoms with E-state index in [9.17, 15) is 0 Å². The Balaban J connectivity index is 3.82. The highest BCUT2D eigenvalue weighted by molar-refractivity contribution is 5.98. The number of hydrogen-bond acceptors (Lipinski definition) is 1. The van der Waals surface area contributed by atoms with Crippen LogP contribution < -0.4 is 0 Å². The summed E-state index contributed by atoms with van der Waals surface area (Å²) in [7, 11) is 1.80. The van der Waals surface area contributed by atoms with Gasteiger partial charge in [-0.05, 0) is 19.3 Å². The summed E-state index contributed by atoms with van der Waals surface area (Å²) in [6, 6.07) is 0. The van der Waals surface area contributed by atoms with Crippen molar-refractivity contribution in [2.45, 2.75) is 45.6 Å². The minimum atomic E-state index is 0.167. The van der Waals surface area contributed by atoms with E-state index in [1.165, 1.54) is 0 Å². The van der Waals surface area contributed by atoms with Crippen molar-refractivity contribution in [1.29, 1.82) is 0 Å². The minimum absolute atomic E-state index is 0.167. The Labute approximate surface area is 59.2 Å². The van der Waals surface area contributed by atoms with E-state index in [1.54, 1.807) is 8.05 Å². The first kappa shape index (κ1) is 9.02. The van der Waals surface area contributed by atoms with Gasteiger partial charge in [0.2, 0.25) is 0 Å². The SMILES string of the molecule is BOC(CC)(CC)CC. The summed E-state index contributed by atoms with van der Waals surface area (Å²) in [5, 5.41) is 0. The fourth-order valence-corrected chi connectivity index (χ4v) is 1.18. The molecule has 0 fully saturated rings. The van der Waals surface area contributed by atoms with E-state index in [4.69, 9.17) is 4.65 Å². The molecule has 1 nitrogen and oxygen atoms in total. The zero-order valence-corrected chi connectivity index (χ0v) is 7.03. The zero-order chi connectivity index (χ0) is 7.33. The van der Waals surface area contributed by atoms with Crippen LogP contribution in [0.1, 0.15) is 40.0 Å². The summed E-state index contributed by atoms with van der Waals surface area (Å²) in [4.78, 5) is 0. The molecule has 0 saturated heterocycles. The predicted octanol–water partition coefficient (Wildman–Crippen LogP) is 1.52. The Morgan fingerprint density at radius 3 is 1.44 bits per heavy atom. The first-order valence-corrected chi connectivity index (χ1v) is 3.79. The average molecular weight is 128 g/mol. The quantitative estimate of drug-likeness (QED) is 0.521. The van der Waals surface area contributed by atoms with Gasteiger partial charge in [-0.2, -0.15) is 0 Å². The van der Waals surface area contributed by atoms with E-state index in [1.807, 2.05) is 0 Å². The van der Waals surface area contributed by atoms with E-state index < -0.39 is 0 Å². The topological polar surface area (TPSA) is 9.23 Å². The molecule has 0 radical (unpaired) electrons. The van der Waals surface area contributed by atoms with Crippen molar-refractivity contribution in [3.8, 4) is 0 Å². The molecule has 54 valence electrons. The molecule has 0 rings (SSSR count). The highest BCUT2D eigenvalue weighted by Gasteiger charge is 2.20. The molecule has 9 heavy (non-hydrogen) atoms. The highest BCUT2D eigenvalue weighted by atomic mass is 16.4. The molecule has 0 saturated carbocycles. The fourth-order valence-electron chi connectivity index (χ4n) is 1.18. The lowest BCUT2D eigenvalue weighted by atomic mass is 9.93. The van der Waals surface area contributed by atoms with Crippen LogP contribution in [0.3, 0.4) is 0 Å². The van der Waals surface area contributed by atoms with E-state index in [-0.39, 0.29) is 5.60 Å². The summed E-state index contributed by atoms with van der Waals surface area (Å²) < 4.78 is 5.39. The molecule has 0 atom stereocenters. The van der Waals surface area contributed by atoms with Crippen LogP contribution in [-0.2, 0) is 4.65 Å². The second-order valence-electron chi connectivity index (χ2n) is 2.45. The van der Waals surface area contributed by atoms with Crippen LogP contribution in [0.2, 0.25) is 0 Å². The van der Waals surface area contributed by atoms with Crippen molar-refractivity contribution in [1.82, 2.24) is 0 Å². The monoisotopic (exact) mass is 128 g/mol. The molecule has 0 spiro atoms. The lowest BCUT2D eigenvalue weighted by Gasteiger charge is -2.29. The van der Waals surface area contributed by atoms with E-state index >= 15 is 0 Å². The Hall–Kier alpha value is 0.0249. The maximum absolute atomic E-state index is 5.39. The molecule has 0 N–H and O–H groups in total. The first-order valence-electron chi connectivity index (χ1n) is 3.79. The van der Waals surface area contributed by atoms with Crippen LogP contribution in [0.25, 0.3) is 0 Å². The normalized spacial score (nSPS) is 11.9. The van der Waals surface area contributed by atoms with Gasteiger partial charge in [0, 0.05) is 5.60 Å². The summed E-state index contributed by atoms with van der Waals surface area (Å²) in [6.07, 6.45) is 3.36. The summed E-state index contributed by atoms with van der Waals surface area (Å²) in [5.41, 5.74) is 0.167. The number of rotatable bonds is 4. The Morgan fingerprint density at radius 1 is 1.11 bits per heavy atom. The Kier molecular flexibility index (Phi) is 3.95. The van der Waals surface area contributed by atoms with Gasteiger partial charge in [-0.3, -0.25) is 0 Å². The van der Waals surface area contributed by atoms with Crippen LogP contribution >= 0.6 is 0 Å². The summed E-state index contributed by atoms with van der Waals surface area (Å²) in [5.74, 6) is 0. The van der Waals surface area contributed by atoms with Gasteiger partial charge in [-0.15, -0.1) is 0 Å². The third-order valence-corrected chi connectivity index (χ3v) is 2.37. The molecule has 0 bridgehead atoms. The second-order valence-corrected chi connectivity index (χ2v) is 2.45. The van der Waals surface area contributed by atoms with Crippen LogP contribution in [0.5, 0.6) is 0 Å². The standard InChI is InChI=1S/C7H17BO/c1-4-7(5-2,6-3)9-8/h4-6,8H2,1-3H3. The molecule has 0 amide bonds. The van der Waals surface area contributed by atoms with Crippen molar-refractivity contribution in [2.24, 2.45) is 0 Å². The van der Waals surface area contributed by atoms with Crippen LogP contribution in [0.4, 0.5) is 0 Å². The average Bonchev–Trinajstić information content (AvgIpc) is 1.95. The van der Waals surface area contributed by atoms with Crippen molar-refractivity contribution in [3.63, 3.8) is 0 Å². The third-order valence-electron chi connectivity index (χ3n) is 2.37. The van der Waals surface area contributed by atoms with Crippen molar-refractivity contribution in [2.75, 3.05) is 0 Å². The molecule has 0 aliphatic rings. The van der Waals surface area contributed by atoms with Gasteiger partial charge in [0.05, 0.1) is 0 Å². The van der Waals surface area contributed by atoms with E-state index in [0.29, 0.717) is 0 Å². The molecule has 0 aliphatic carbocycles. The lowest BCUT2D eigenvalue weighted by Crippen LogP contribution is -2.28. The first-order chi connectivity index (χ1) is 4.24. The smallest absolute Gasteiger partial charge is 0.258 e. The maximum Gasteiger partial charge on any atom is 0.258 e. The number of hydrogen-bond donors (Lipinski definition) is 0. The predicted molar refractivity (Wildman–Crippen MR) is 43.2 cm³/mol. The molecule has 0 heterocycles. The molecule has 0 unspecified atom stereocenters. The van der Waals surface area contributed by atoms with Crippen molar-refractivity contribution < 1.29 is 4.65 Å². The van der Waals surface area contributed by atoms with Gasteiger partial charge < -0.3 is 4.65 Å². The van der Waals surface area contributed by atoms with Crippen LogP contribution in [0.15, 0.2) is 0 Å². The van der Waals surface area contributed by atoms with Gasteiger partial charge in [0.25, 0.3) is 8.05 Å². The molecule has 0 aliphatic heterocycles. The van der Waals surface area contributed by atoms with E-state index in [2.05, 4.69) is 20.8 Å². The van der Waals surface area contributed by atoms with Crippen LogP contribution in [0, 0.1) is 0 Å².